The second-order valence-electron chi connectivity index (χ2n) is 22.2. The smallest absolute Gasteiger partial charge is 0.548 e. The van der Waals surface area contributed by atoms with Crippen molar-refractivity contribution in [3.8, 4) is 0 Å². The molecule has 70 heavy (non-hydrogen) atoms. The number of thioether (sulfide) groups is 6. The van der Waals surface area contributed by atoms with Crippen LogP contribution in [-0.2, 0) is 14.4 Å². The van der Waals surface area contributed by atoms with Crippen molar-refractivity contribution in [3.63, 3.8) is 0 Å². The normalized spacial score (nSPS) is 12.1. The van der Waals surface area contributed by atoms with Gasteiger partial charge in [-0.1, -0.05) is 199 Å². The van der Waals surface area contributed by atoms with Crippen molar-refractivity contribution in [1.82, 2.24) is 0 Å². The van der Waals surface area contributed by atoms with Gasteiger partial charge in [-0.05, 0) is 129 Å². The Kier molecular flexibility index (Phi) is 55.4. The van der Waals surface area contributed by atoms with E-state index < -0.39 is 30.1 Å². The van der Waals surface area contributed by atoms with Crippen LogP contribution in [0.25, 0.3) is 0 Å². The van der Waals surface area contributed by atoms with Crippen LogP contribution in [0.2, 0.25) is 0 Å². The third-order valence-electron chi connectivity index (χ3n) is 11.9. The Bertz CT molecular complexity index is 1000. The second kappa shape index (κ2) is 49.9. The first-order valence-corrected chi connectivity index (χ1v) is 33.7. The fourth-order valence-corrected chi connectivity index (χ4v) is 14.7. The summed E-state index contributed by atoms with van der Waals surface area (Å²) in [4.78, 5) is 34.5. The number of unbranched alkanes of at least 4 members (excludes halogenated alkanes) is 12. The summed E-state index contributed by atoms with van der Waals surface area (Å²) in [6.45, 7) is 32.5. The molecule has 0 atom stereocenters. The van der Waals surface area contributed by atoms with Gasteiger partial charge in [0.05, 0.1) is 30.1 Å². The summed E-state index contributed by atoms with van der Waals surface area (Å²) in [5.74, 6) is 7.36. The molecule has 2 radical (unpaired) electrons. The Morgan fingerprint density at radius 2 is 0.414 bits per heavy atom. The predicted molar refractivity (Wildman–Crippen MR) is 321 cm³/mol. The van der Waals surface area contributed by atoms with Crippen LogP contribution in [0.5, 0.6) is 0 Å². The van der Waals surface area contributed by atoms with E-state index in [1.165, 1.54) is 116 Å². The molecular weight excluding hydrogens is 1090 g/mol. The molecule has 0 aromatic carbocycles. The van der Waals surface area contributed by atoms with Crippen molar-refractivity contribution in [1.29, 1.82) is 0 Å². The Hall–Kier alpha value is 1.33. The zero-order valence-electron chi connectivity index (χ0n) is 48.0. The largest absolute Gasteiger partial charge is 3.00 e. The minimum atomic E-state index is -0.920. The fraction of sp³-hybridized carbons (Fsp3) is 0.947. The topological polar surface area (TPSA) is 120 Å². The van der Waals surface area contributed by atoms with Crippen LogP contribution < -0.4 is 15.3 Å². The first-order valence-electron chi connectivity index (χ1n) is 27.8. The molecule has 0 rings (SSSR count). The van der Waals surface area contributed by atoms with E-state index >= 15 is 0 Å². The number of carbonyl (C=O) groups is 3. The van der Waals surface area contributed by atoms with Gasteiger partial charge in [-0.15, -0.1) is 70.6 Å². The van der Waals surface area contributed by atoms with Gasteiger partial charge < -0.3 is 29.7 Å². The third-order valence-corrected chi connectivity index (χ3v) is 21.3. The molecule has 0 bridgehead atoms. The predicted octanol–water partition coefficient (Wildman–Crippen LogP) is 15.7. The SMILES string of the molecule is CC(C)CCCCCSC(C)(SCCCCCC(C)C)C(=O)[O-].CC(C)CCCCCSC(C)(SCCCCCC(C)C)C(=O)[O-].CC(C)CCCCCSC(C)(SCCCCCC(C)C)C(=O)[O-].[Sb+3]. The van der Waals surface area contributed by atoms with Crippen molar-refractivity contribution in [2.45, 2.75) is 270 Å². The molecule has 0 N–H and O–H groups in total. The zero-order valence-corrected chi connectivity index (χ0v) is 55.5. The summed E-state index contributed by atoms with van der Waals surface area (Å²) in [7, 11) is 0. The molecule has 0 heterocycles. The van der Waals surface area contributed by atoms with Crippen LogP contribution in [0, 0.1) is 35.5 Å². The maximum absolute atomic E-state index is 11.5. The Morgan fingerprint density at radius 1 is 0.286 bits per heavy atom. The quantitative estimate of drug-likeness (QED) is 0.0328. The number of aliphatic carboxylic acids is 3. The molecule has 6 nitrogen and oxygen atoms in total. The minimum absolute atomic E-state index is 0. The molecule has 0 amide bonds. The van der Waals surface area contributed by atoms with E-state index in [1.54, 1.807) is 70.6 Å². The zero-order chi connectivity index (χ0) is 53.2. The van der Waals surface area contributed by atoms with Crippen LogP contribution >= 0.6 is 70.6 Å². The van der Waals surface area contributed by atoms with E-state index in [9.17, 15) is 29.7 Å². The van der Waals surface area contributed by atoms with Gasteiger partial charge in [-0.3, -0.25) is 0 Å². The molecule has 0 aliphatic heterocycles. The number of carboxylic acids is 3. The molecule has 0 aliphatic carbocycles. The van der Waals surface area contributed by atoms with E-state index in [0.717, 1.165) is 109 Å². The molecule has 0 saturated carbocycles. The van der Waals surface area contributed by atoms with Crippen LogP contribution in [0.4, 0.5) is 0 Å². The standard InChI is InChI=1S/3C19H38O2S2.Sb/c3*1-16(2)12-8-6-10-14-22-19(5,18(20)21)23-15-11-7-9-13-17(3)4;/h3*16-17H,6-15H2,1-5H3,(H,20,21);/q;;;+3/p-3. The van der Waals surface area contributed by atoms with E-state index in [4.69, 9.17) is 0 Å². The van der Waals surface area contributed by atoms with E-state index in [1.807, 2.05) is 20.8 Å². The first-order chi connectivity index (χ1) is 32.3. The fourth-order valence-electron chi connectivity index (χ4n) is 7.07. The molecule has 0 fully saturated rings. The molecule has 0 spiro atoms. The Labute approximate surface area is 478 Å². The second-order valence-corrected chi connectivity index (χ2v) is 32.1. The van der Waals surface area contributed by atoms with Crippen molar-refractivity contribution >= 4 is 113 Å². The molecule has 416 valence electrons. The summed E-state index contributed by atoms with van der Waals surface area (Å²) in [6, 6.07) is 0. The van der Waals surface area contributed by atoms with Crippen molar-refractivity contribution in [3.05, 3.63) is 0 Å². The average Bonchev–Trinajstić information content (AvgIpc) is 3.25. The summed E-state index contributed by atoms with van der Waals surface area (Å²) >= 11 is 9.36. The van der Waals surface area contributed by atoms with Gasteiger partial charge in [0.15, 0.2) is 0 Å². The maximum atomic E-state index is 11.5. The van der Waals surface area contributed by atoms with E-state index in [0.29, 0.717) is 0 Å². The number of hydrogen-bond acceptors (Lipinski definition) is 12. The van der Waals surface area contributed by atoms with Crippen LogP contribution in [0.3, 0.4) is 0 Å². The van der Waals surface area contributed by atoms with Gasteiger partial charge in [-0.25, -0.2) is 0 Å². The van der Waals surface area contributed by atoms with Crippen molar-refractivity contribution in [2.24, 2.45) is 35.5 Å². The Morgan fingerprint density at radius 3 is 0.514 bits per heavy atom. The molecule has 0 aliphatic rings. The van der Waals surface area contributed by atoms with Crippen LogP contribution in [-0.4, -0.2) is 89.1 Å². The minimum Gasteiger partial charge on any atom is -0.548 e. The summed E-state index contributed by atoms with van der Waals surface area (Å²) in [5, 5.41) is 34.5. The van der Waals surface area contributed by atoms with E-state index in [-0.39, 0.29) is 24.4 Å². The maximum Gasteiger partial charge on any atom is 3.00 e. The summed E-state index contributed by atoms with van der Waals surface area (Å²) in [6.07, 6.45) is 29.0. The molecule has 0 aromatic rings. The van der Waals surface area contributed by atoms with Gasteiger partial charge in [0.25, 0.3) is 0 Å². The van der Waals surface area contributed by atoms with Gasteiger partial charge in [0, 0.05) is 0 Å². The van der Waals surface area contributed by atoms with Crippen molar-refractivity contribution < 1.29 is 29.7 Å². The van der Waals surface area contributed by atoms with E-state index in [2.05, 4.69) is 83.1 Å². The molecular formula is C57H111O6S6Sb. The monoisotopic (exact) mass is 1200 g/mol. The summed E-state index contributed by atoms with van der Waals surface area (Å²) < 4.78 is -2.34. The molecule has 0 aromatic heterocycles. The summed E-state index contributed by atoms with van der Waals surface area (Å²) in [5.41, 5.74) is 0. The number of rotatable bonds is 45. The molecule has 0 unspecified atom stereocenters. The number of carboxylic acid groups (broad SMARTS) is 3. The van der Waals surface area contributed by atoms with Gasteiger partial charge in [0.1, 0.15) is 0 Å². The van der Waals surface area contributed by atoms with Gasteiger partial charge in [-0.2, -0.15) is 0 Å². The number of carbonyl (C=O) groups excluding carboxylic acids is 3. The van der Waals surface area contributed by atoms with Crippen LogP contribution in [0.1, 0.15) is 258 Å². The van der Waals surface area contributed by atoms with Gasteiger partial charge >= 0.3 is 24.4 Å². The van der Waals surface area contributed by atoms with Gasteiger partial charge in [0.2, 0.25) is 0 Å². The van der Waals surface area contributed by atoms with Crippen LogP contribution in [0.15, 0.2) is 0 Å². The third kappa shape index (κ3) is 51.4. The average molecular weight is 1210 g/mol. The Balaban J connectivity index is -0.000000463. The first kappa shape index (κ1) is 77.8. The molecule has 13 heteroatoms. The van der Waals surface area contributed by atoms with Crippen molar-refractivity contribution in [2.75, 3.05) is 34.5 Å². The molecule has 0 saturated heterocycles. The number of hydrogen-bond donors (Lipinski definition) is 0.